The Morgan fingerprint density at radius 2 is 1.81 bits per heavy atom. The van der Waals surface area contributed by atoms with Crippen molar-refractivity contribution < 1.29 is 0 Å². The normalized spacial score (nSPS) is 12.5. The maximum atomic E-state index is 6.32. The molecule has 1 unspecified atom stereocenters. The van der Waals surface area contributed by atoms with E-state index < -0.39 is 0 Å². The van der Waals surface area contributed by atoms with Gasteiger partial charge in [-0.05, 0) is 35.7 Å². The van der Waals surface area contributed by atoms with E-state index in [1.807, 2.05) is 42.6 Å². The molecule has 1 heterocycles. The number of hydrogen-bond acceptors (Lipinski definition) is 2. The van der Waals surface area contributed by atoms with Crippen molar-refractivity contribution in [1.29, 1.82) is 0 Å². The highest BCUT2D eigenvalue weighted by Crippen LogP contribution is 2.31. The molecule has 0 saturated carbocycles. The number of benzene rings is 2. The van der Waals surface area contributed by atoms with Crippen LogP contribution in [0.25, 0.3) is 10.9 Å². The van der Waals surface area contributed by atoms with Crippen molar-refractivity contribution in [1.82, 2.24) is 4.98 Å². The van der Waals surface area contributed by atoms with Crippen LogP contribution in [-0.4, -0.2) is 4.98 Å². The van der Waals surface area contributed by atoms with Crippen molar-refractivity contribution in [3.63, 3.8) is 0 Å². The number of pyridine rings is 1. The van der Waals surface area contributed by atoms with E-state index >= 15 is 0 Å². The van der Waals surface area contributed by atoms with E-state index in [2.05, 4.69) is 11.1 Å². The predicted molar refractivity (Wildman–Crippen MR) is 88.8 cm³/mol. The van der Waals surface area contributed by atoms with E-state index in [0.29, 0.717) is 16.5 Å². The van der Waals surface area contributed by atoms with Crippen molar-refractivity contribution in [2.45, 2.75) is 12.5 Å². The molecule has 0 bridgehead atoms. The molecule has 3 rings (SSSR count). The van der Waals surface area contributed by atoms with Crippen molar-refractivity contribution >= 4 is 34.1 Å². The fraction of sp³-hybridized carbons (Fsp3) is 0.118. The number of nitrogens with two attached hydrogens (primary N) is 1. The molecule has 1 atom stereocenters. The summed E-state index contributed by atoms with van der Waals surface area (Å²) in [4.78, 5) is 4.37. The van der Waals surface area contributed by atoms with Gasteiger partial charge in [0.2, 0.25) is 0 Å². The van der Waals surface area contributed by atoms with Crippen LogP contribution >= 0.6 is 23.2 Å². The SMILES string of the molecule is NC(Cc1ccnc2ccccc12)c1cccc(Cl)c1Cl. The molecular weight excluding hydrogens is 303 g/mol. The minimum absolute atomic E-state index is 0.206. The monoisotopic (exact) mass is 316 g/mol. The molecule has 0 aliphatic heterocycles. The molecule has 0 saturated heterocycles. The molecule has 2 N–H and O–H groups in total. The van der Waals surface area contributed by atoms with E-state index in [1.165, 1.54) is 0 Å². The van der Waals surface area contributed by atoms with Crippen LogP contribution in [0.15, 0.2) is 54.7 Å². The second-order valence-corrected chi connectivity index (χ2v) is 5.73. The summed E-state index contributed by atoms with van der Waals surface area (Å²) in [5, 5.41) is 2.18. The number of hydrogen-bond donors (Lipinski definition) is 1. The number of rotatable bonds is 3. The third-order valence-corrected chi connectivity index (χ3v) is 4.39. The minimum atomic E-state index is -0.206. The summed E-state index contributed by atoms with van der Waals surface area (Å²) in [6.07, 6.45) is 2.49. The van der Waals surface area contributed by atoms with Gasteiger partial charge in [-0.2, -0.15) is 0 Å². The first-order chi connectivity index (χ1) is 10.2. The first-order valence-corrected chi connectivity index (χ1v) is 7.44. The molecular formula is C17H14Cl2N2. The van der Waals surface area contributed by atoms with Crippen LogP contribution in [-0.2, 0) is 6.42 Å². The second-order valence-electron chi connectivity index (χ2n) is 4.94. The maximum absolute atomic E-state index is 6.32. The van der Waals surface area contributed by atoms with Crippen LogP contribution in [0.2, 0.25) is 10.0 Å². The van der Waals surface area contributed by atoms with Gasteiger partial charge >= 0.3 is 0 Å². The Hall–Kier alpha value is -1.61. The standard InChI is InChI=1S/C17H14Cl2N2/c18-14-6-3-5-13(17(14)19)15(20)10-11-8-9-21-16-7-2-1-4-12(11)16/h1-9,15H,10,20H2. The third-order valence-electron chi connectivity index (χ3n) is 3.56. The van der Waals surface area contributed by atoms with Gasteiger partial charge in [-0.1, -0.05) is 53.5 Å². The van der Waals surface area contributed by atoms with Crippen LogP contribution in [0.3, 0.4) is 0 Å². The molecule has 0 spiro atoms. The molecule has 21 heavy (non-hydrogen) atoms. The number of halogens is 2. The van der Waals surface area contributed by atoms with Crippen LogP contribution in [0.5, 0.6) is 0 Å². The molecule has 3 aromatic rings. The Balaban J connectivity index is 1.97. The number of para-hydroxylation sites is 1. The summed E-state index contributed by atoms with van der Waals surface area (Å²) in [6.45, 7) is 0. The molecule has 1 aromatic heterocycles. The first-order valence-electron chi connectivity index (χ1n) is 6.69. The zero-order valence-corrected chi connectivity index (χ0v) is 12.8. The molecule has 0 amide bonds. The highest BCUT2D eigenvalue weighted by Gasteiger charge is 2.14. The Bertz CT molecular complexity index is 781. The zero-order valence-electron chi connectivity index (χ0n) is 11.3. The minimum Gasteiger partial charge on any atom is -0.324 e. The van der Waals surface area contributed by atoms with Crippen molar-refractivity contribution in [2.24, 2.45) is 5.73 Å². The quantitative estimate of drug-likeness (QED) is 0.755. The molecule has 106 valence electrons. The highest BCUT2D eigenvalue weighted by molar-refractivity contribution is 6.42. The summed E-state index contributed by atoms with van der Waals surface area (Å²) < 4.78 is 0. The summed E-state index contributed by atoms with van der Waals surface area (Å²) in [5.41, 5.74) is 9.32. The number of nitrogens with zero attached hydrogens (tertiary/aromatic N) is 1. The van der Waals surface area contributed by atoms with Crippen molar-refractivity contribution in [3.8, 4) is 0 Å². The Kier molecular flexibility index (Phi) is 4.11. The van der Waals surface area contributed by atoms with Gasteiger partial charge in [0.1, 0.15) is 0 Å². The largest absolute Gasteiger partial charge is 0.324 e. The van der Waals surface area contributed by atoms with E-state index in [9.17, 15) is 0 Å². The Morgan fingerprint density at radius 1 is 1.00 bits per heavy atom. The summed E-state index contributed by atoms with van der Waals surface area (Å²) in [5.74, 6) is 0. The molecule has 0 radical (unpaired) electrons. The van der Waals surface area contributed by atoms with Gasteiger partial charge in [-0.3, -0.25) is 4.98 Å². The summed E-state index contributed by atoms with van der Waals surface area (Å²) in [6, 6.07) is 15.4. The lowest BCUT2D eigenvalue weighted by molar-refractivity contribution is 0.725. The van der Waals surface area contributed by atoms with Gasteiger partial charge < -0.3 is 5.73 Å². The van der Waals surface area contributed by atoms with Crippen molar-refractivity contribution in [2.75, 3.05) is 0 Å². The number of aromatic nitrogens is 1. The van der Waals surface area contributed by atoms with E-state index in [-0.39, 0.29) is 6.04 Å². The Labute approximate surface area is 133 Å². The molecule has 0 fully saturated rings. The molecule has 0 aliphatic rings. The highest BCUT2D eigenvalue weighted by atomic mass is 35.5. The van der Waals surface area contributed by atoms with Crippen LogP contribution < -0.4 is 5.73 Å². The van der Waals surface area contributed by atoms with E-state index in [0.717, 1.165) is 22.0 Å². The molecule has 0 aliphatic carbocycles. The smallest absolute Gasteiger partial charge is 0.0704 e. The Morgan fingerprint density at radius 3 is 2.67 bits per heavy atom. The van der Waals surface area contributed by atoms with Gasteiger partial charge in [-0.25, -0.2) is 0 Å². The summed E-state index contributed by atoms with van der Waals surface area (Å²) in [7, 11) is 0. The van der Waals surface area contributed by atoms with Crippen molar-refractivity contribution in [3.05, 3.63) is 75.9 Å². The van der Waals surface area contributed by atoms with Crippen LogP contribution in [0.1, 0.15) is 17.2 Å². The van der Waals surface area contributed by atoms with Crippen LogP contribution in [0, 0.1) is 0 Å². The van der Waals surface area contributed by atoms with E-state index in [1.54, 1.807) is 6.07 Å². The lowest BCUT2D eigenvalue weighted by Crippen LogP contribution is -2.14. The van der Waals surface area contributed by atoms with Gasteiger partial charge in [0.25, 0.3) is 0 Å². The van der Waals surface area contributed by atoms with Gasteiger partial charge in [0.15, 0.2) is 0 Å². The fourth-order valence-electron chi connectivity index (χ4n) is 2.49. The van der Waals surface area contributed by atoms with Crippen LogP contribution in [0.4, 0.5) is 0 Å². The average molecular weight is 317 g/mol. The van der Waals surface area contributed by atoms with Gasteiger partial charge in [0.05, 0.1) is 15.6 Å². The topological polar surface area (TPSA) is 38.9 Å². The zero-order chi connectivity index (χ0) is 14.8. The molecule has 2 nitrogen and oxygen atoms in total. The second kappa shape index (κ2) is 6.02. The lowest BCUT2D eigenvalue weighted by Gasteiger charge is -2.15. The average Bonchev–Trinajstić information content (AvgIpc) is 2.50. The summed E-state index contributed by atoms with van der Waals surface area (Å²) >= 11 is 12.3. The lowest BCUT2D eigenvalue weighted by atomic mass is 9.97. The number of fused-ring (bicyclic) bond motifs is 1. The first kappa shape index (κ1) is 14.3. The maximum Gasteiger partial charge on any atom is 0.0704 e. The third kappa shape index (κ3) is 2.88. The fourth-order valence-corrected chi connectivity index (χ4v) is 2.93. The van der Waals surface area contributed by atoms with Gasteiger partial charge in [-0.15, -0.1) is 0 Å². The predicted octanol–water partition coefficient (Wildman–Crippen LogP) is 4.78. The van der Waals surface area contributed by atoms with Gasteiger partial charge in [0, 0.05) is 17.6 Å². The molecule has 4 heteroatoms. The van der Waals surface area contributed by atoms with E-state index in [4.69, 9.17) is 28.9 Å². The molecule has 2 aromatic carbocycles.